The molecule has 3 rings (SSSR count). The number of benzene rings is 2. The van der Waals surface area contributed by atoms with Gasteiger partial charge in [-0.15, -0.1) is 10.2 Å². The molecule has 1 heterocycles. The standard InChI is InChI=1S/C19H19BrN4O3S/c1-12-5-4-6-15(9-12)24-13(2)21-22-19(24)28-18(11-23(25)26)16-10-14(20)7-8-17(16)27-3/h4-10,18H,11H2,1-3H3/t18-/m0/s1. The van der Waals surface area contributed by atoms with E-state index in [1.165, 1.54) is 11.8 Å². The molecule has 9 heteroatoms. The number of nitrogens with zero attached hydrogens (tertiary/aromatic N) is 4. The van der Waals surface area contributed by atoms with E-state index in [9.17, 15) is 10.1 Å². The quantitative estimate of drug-likeness (QED) is 0.285. The maximum Gasteiger partial charge on any atom is 0.220 e. The zero-order valence-electron chi connectivity index (χ0n) is 15.6. The number of aromatic nitrogens is 3. The van der Waals surface area contributed by atoms with Crippen LogP contribution in [0, 0.1) is 24.0 Å². The Balaban J connectivity index is 2.04. The Morgan fingerprint density at radius 2 is 2.04 bits per heavy atom. The lowest BCUT2D eigenvalue weighted by atomic mass is 10.1. The summed E-state index contributed by atoms with van der Waals surface area (Å²) in [6, 6.07) is 13.5. The van der Waals surface area contributed by atoms with E-state index in [0.29, 0.717) is 16.7 Å². The van der Waals surface area contributed by atoms with Crippen LogP contribution in [0.5, 0.6) is 5.75 Å². The van der Waals surface area contributed by atoms with Crippen molar-refractivity contribution in [1.82, 2.24) is 14.8 Å². The molecule has 0 spiro atoms. The van der Waals surface area contributed by atoms with Gasteiger partial charge in [-0.25, -0.2) is 0 Å². The number of halogens is 1. The van der Waals surface area contributed by atoms with Crippen molar-refractivity contribution in [3.8, 4) is 11.4 Å². The van der Waals surface area contributed by atoms with Gasteiger partial charge in [-0.1, -0.05) is 39.8 Å². The van der Waals surface area contributed by atoms with Crippen molar-refractivity contribution in [2.45, 2.75) is 24.3 Å². The van der Waals surface area contributed by atoms with E-state index >= 15 is 0 Å². The molecule has 28 heavy (non-hydrogen) atoms. The van der Waals surface area contributed by atoms with Gasteiger partial charge in [0.05, 0.1) is 7.11 Å². The zero-order valence-corrected chi connectivity index (χ0v) is 18.0. The van der Waals surface area contributed by atoms with Gasteiger partial charge in [0.1, 0.15) is 16.8 Å². The molecular weight excluding hydrogens is 444 g/mol. The van der Waals surface area contributed by atoms with Gasteiger partial charge in [0.25, 0.3) is 0 Å². The number of ether oxygens (including phenoxy) is 1. The highest BCUT2D eigenvalue weighted by Gasteiger charge is 2.26. The molecule has 3 aromatic rings. The number of aryl methyl sites for hydroxylation is 2. The van der Waals surface area contributed by atoms with Crippen molar-refractivity contribution < 1.29 is 9.66 Å². The van der Waals surface area contributed by atoms with Crippen LogP contribution in [0.2, 0.25) is 0 Å². The van der Waals surface area contributed by atoms with Crippen LogP contribution in [-0.2, 0) is 0 Å². The van der Waals surface area contributed by atoms with Crippen LogP contribution in [0.1, 0.15) is 22.2 Å². The van der Waals surface area contributed by atoms with E-state index in [4.69, 9.17) is 4.74 Å². The molecule has 0 unspecified atom stereocenters. The summed E-state index contributed by atoms with van der Waals surface area (Å²) in [4.78, 5) is 11.0. The van der Waals surface area contributed by atoms with Gasteiger partial charge in [-0.2, -0.15) is 0 Å². The number of rotatable bonds is 7. The number of hydrogen-bond acceptors (Lipinski definition) is 6. The first-order valence-corrected chi connectivity index (χ1v) is 10.2. The van der Waals surface area contributed by atoms with Crippen LogP contribution < -0.4 is 4.74 Å². The maximum atomic E-state index is 11.4. The second-order valence-corrected chi connectivity index (χ2v) is 8.30. The number of methoxy groups -OCH3 is 1. The molecule has 1 aromatic heterocycles. The molecule has 0 amide bonds. The number of hydrogen-bond donors (Lipinski definition) is 0. The molecule has 0 N–H and O–H groups in total. The molecule has 1 atom stereocenters. The lowest BCUT2D eigenvalue weighted by Gasteiger charge is -2.17. The van der Waals surface area contributed by atoms with Crippen molar-refractivity contribution >= 4 is 27.7 Å². The number of nitro groups is 1. The van der Waals surface area contributed by atoms with Crippen LogP contribution in [-0.4, -0.2) is 33.3 Å². The second kappa shape index (κ2) is 8.74. The molecule has 146 valence electrons. The molecule has 0 saturated heterocycles. The maximum absolute atomic E-state index is 11.4. The van der Waals surface area contributed by atoms with Crippen molar-refractivity contribution in [2.24, 2.45) is 0 Å². The fraction of sp³-hybridized carbons (Fsp3) is 0.263. The Bertz CT molecular complexity index is 1010. The predicted octanol–water partition coefficient (Wildman–Crippen LogP) is 4.77. The first-order chi connectivity index (χ1) is 13.4. The molecule has 0 aliphatic rings. The fourth-order valence-corrected chi connectivity index (χ4v) is 4.47. The highest BCUT2D eigenvalue weighted by Crippen LogP contribution is 2.40. The third-order valence-electron chi connectivity index (χ3n) is 4.16. The van der Waals surface area contributed by atoms with Crippen molar-refractivity contribution in [3.05, 3.63) is 74.0 Å². The first kappa shape index (κ1) is 20.3. The molecule has 0 aliphatic heterocycles. The first-order valence-electron chi connectivity index (χ1n) is 8.50. The molecule has 7 nitrogen and oxygen atoms in total. The van der Waals surface area contributed by atoms with E-state index < -0.39 is 5.25 Å². The van der Waals surface area contributed by atoms with Gasteiger partial charge in [-0.05, 0) is 49.7 Å². The average Bonchev–Trinajstić information content (AvgIpc) is 3.01. The van der Waals surface area contributed by atoms with Gasteiger partial charge in [-0.3, -0.25) is 14.7 Å². The SMILES string of the molecule is COc1ccc(Br)cc1[C@H](C[N+](=O)[O-])Sc1nnc(C)n1-c1cccc(C)c1. The molecule has 0 radical (unpaired) electrons. The average molecular weight is 463 g/mol. The van der Waals surface area contributed by atoms with Gasteiger partial charge in [0.2, 0.25) is 6.54 Å². The summed E-state index contributed by atoms with van der Waals surface area (Å²) in [6.07, 6.45) is 0. The normalized spacial score (nSPS) is 12.0. The molecule has 0 fully saturated rings. The Morgan fingerprint density at radius 1 is 1.25 bits per heavy atom. The summed E-state index contributed by atoms with van der Waals surface area (Å²) in [5, 5.41) is 19.9. The lowest BCUT2D eigenvalue weighted by molar-refractivity contribution is -0.479. The van der Waals surface area contributed by atoms with Gasteiger partial charge >= 0.3 is 0 Å². The van der Waals surface area contributed by atoms with Gasteiger partial charge in [0.15, 0.2) is 5.16 Å². The lowest BCUT2D eigenvalue weighted by Crippen LogP contribution is -2.12. The predicted molar refractivity (Wildman–Crippen MR) is 112 cm³/mol. The Hall–Kier alpha value is -2.39. The largest absolute Gasteiger partial charge is 0.496 e. The van der Waals surface area contributed by atoms with E-state index in [0.717, 1.165) is 21.3 Å². The summed E-state index contributed by atoms with van der Waals surface area (Å²) in [5.41, 5.74) is 2.76. The summed E-state index contributed by atoms with van der Waals surface area (Å²) in [7, 11) is 1.56. The van der Waals surface area contributed by atoms with E-state index in [1.54, 1.807) is 13.2 Å². The summed E-state index contributed by atoms with van der Waals surface area (Å²) < 4.78 is 8.18. The van der Waals surface area contributed by atoms with Crippen molar-refractivity contribution in [3.63, 3.8) is 0 Å². The van der Waals surface area contributed by atoms with E-state index in [1.807, 2.05) is 54.8 Å². The number of thioether (sulfide) groups is 1. The molecule has 0 aliphatic carbocycles. The third-order valence-corrected chi connectivity index (χ3v) is 5.81. The zero-order chi connectivity index (χ0) is 20.3. The highest BCUT2D eigenvalue weighted by atomic mass is 79.9. The van der Waals surface area contributed by atoms with Crippen LogP contribution >= 0.6 is 27.7 Å². The van der Waals surface area contributed by atoms with Crippen molar-refractivity contribution in [1.29, 1.82) is 0 Å². The van der Waals surface area contributed by atoms with Crippen molar-refractivity contribution in [2.75, 3.05) is 13.7 Å². The minimum atomic E-state index is -0.491. The van der Waals surface area contributed by atoms with E-state index in [2.05, 4.69) is 26.1 Å². The molecule has 2 aromatic carbocycles. The minimum Gasteiger partial charge on any atom is -0.496 e. The van der Waals surface area contributed by atoms with Crippen LogP contribution in [0.15, 0.2) is 52.1 Å². The minimum absolute atomic E-state index is 0.267. The summed E-state index contributed by atoms with van der Waals surface area (Å²) in [5.74, 6) is 1.31. The van der Waals surface area contributed by atoms with Gasteiger partial charge in [0, 0.05) is 20.6 Å². The van der Waals surface area contributed by atoms with Crippen LogP contribution in [0.4, 0.5) is 0 Å². The van der Waals surface area contributed by atoms with Crippen LogP contribution in [0.3, 0.4) is 0 Å². The van der Waals surface area contributed by atoms with Gasteiger partial charge < -0.3 is 4.74 Å². The van der Waals surface area contributed by atoms with Crippen LogP contribution in [0.25, 0.3) is 5.69 Å². The van der Waals surface area contributed by atoms with E-state index in [-0.39, 0.29) is 11.5 Å². The smallest absolute Gasteiger partial charge is 0.220 e. The summed E-state index contributed by atoms with van der Waals surface area (Å²) >= 11 is 4.74. The third kappa shape index (κ3) is 4.53. The highest BCUT2D eigenvalue weighted by molar-refractivity contribution is 9.10. The Morgan fingerprint density at radius 3 is 2.71 bits per heavy atom. The Labute approximate surface area is 175 Å². The Kier molecular flexibility index (Phi) is 6.35. The molecule has 0 bridgehead atoms. The second-order valence-electron chi connectivity index (χ2n) is 6.21. The molecular formula is C19H19BrN4O3S. The fourth-order valence-electron chi connectivity index (χ4n) is 2.90. The monoisotopic (exact) mass is 462 g/mol. The molecule has 0 saturated carbocycles. The summed E-state index contributed by atoms with van der Waals surface area (Å²) in [6.45, 7) is 3.61. The topological polar surface area (TPSA) is 83.1 Å².